The topological polar surface area (TPSA) is 41.9 Å². The molecule has 1 aliphatic carbocycles. The maximum absolute atomic E-state index is 10.7. The predicted molar refractivity (Wildman–Crippen MR) is 111 cm³/mol. The molecule has 1 N–H and O–H groups in total. The highest BCUT2D eigenvalue weighted by Gasteiger charge is 2.39. The summed E-state index contributed by atoms with van der Waals surface area (Å²) in [5.41, 5.74) is 3.49. The highest BCUT2D eigenvalue weighted by Crippen LogP contribution is 2.30. The molecule has 1 heterocycles. The fourth-order valence-electron chi connectivity index (χ4n) is 4.53. The monoisotopic (exact) mass is 381 g/mol. The quantitative estimate of drug-likeness (QED) is 0.812. The van der Waals surface area contributed by atoms with Crippen LogP contribution in [0.4, 0.5) is 0 Å². The fourth-order valence-corrected chi connectivity index (χ4v) is 4.53. The molecule has 0 unspecified atom stereocenters. The first-order valence-electron chi connectivity index (χ1n) is 10.5. The molecule has 4 rings (SSSR count). The van der Waals surface area contributed by atoms with Crippen LogP contribution in [0.25, 0.3) is 11.1 Å². The van der Waals surface area contributed by atoms with Gasteiger partial charge in [-0.05, 0) is 67.6 Å². The molecule has 0 aromatic heterocycles. The largest absolute Gasteiger partial charge is 0.497 e. The lowest BCUT2D eigenvalue weighted by Crippen LogP contribution is -2.46. The lowest BCUT2D eigenvalue weighted by molar-refractivity contribution is -0.0515. The van der Waals surface area contributed by atoms with Crippen LogP contribution >= 0.6 is 0 Å². The molecule has 2 aromatic carbocycles. The summed E-state index contributed by atoms with van der Waals surface area (Å²) in [5.74, 6) is 0.867. The molecule has 150 valence electrons. The zero-order valence-corrected chi connectivity index (χ0v) is 16.7. The molecule has 1 aliphatic heterocycles. The van der Waals surface area contributed by atoms with E-state index in [0.717, 1.165) is 37.2 Å². The van der Waals surface area contributed by atoms with E-state index in [4.69, 9.17) is 9.47 Å². The van der Waals surface area contributed by atoms with Crippen LogP contribution in [0, 0.1) is 0 Å². The van der Waals surface area contributed by atoms with E-state index in [-0.39, 0.29) is 18.2 Å². The number of nitrogens with zero attached hydrogens (tertiary/aromatic N) is 1. The number of likely N-dealkylation sites (tertiary alicyclic amines) is 1. The molecule has 0 spiro atoms. The van der Waals surface area contributed by atoms with Gasteiger partial charge in [0, 0.05) is 6.04 Å². The molecule has 2 aliphatic rings. The molecule has 2 fully saturated rings. The molecule has 4 nitrogen and oxygen atoms in total. The number of aliphatic hydroxyl groups excluding tert-OH is 1. The van der Waals surface area contributed by atoms with E-state index in [1.54, 1.807) is 7.11 Å². The van der Waals surface area contributed by atoms with Crippen molar-refractivity contribution in [3.8, 4) is 16.9 Å². The summed E-state index contributed by atoms with van der Waals surface area (Å²) < 4.78 is 11.3. The van der Waals surface area contributed by atoms with E-state index in [1.807, 2.05) is 12.1 Å². The summed E-state index contributed by atoms with van der Waals surface area (Å²) in [5, 5.41) is 10.7. The van der Waals surface area contributed by atoms with Crippen LogP contribution in [0.2, 0.25) is 0 Å². The standard InChI is InChI=1S/C24H31NO3/c1-27-21-11-9-20(10-12-21)19-7-5-18(6-8-19)17-28-23-14-13-22(24(23)26)25-15-3-2-4-16-25/h5-12,22-24,26H,2-4,13-17H2,1H3/t22-,23+,24+/m1/s1. The molecule has 28 heavy (non-hydrogen) atoms. The summed E-state index contributed by atoms with van der Waals surface area (Å²) in [6, 6.07) is 16.9. The molecule has 0 amide bonds. The van der Waals surface area contributed by atoms with Gasteiger partial charge in [0.1, 0.15) is 5.75 Å². The molecular weight excluding hydrogens is 350 g/mol. The average molecular weight is 382 g/mol. The minimum absolute atomic E-state index is 0.0480. The van der Waals surface area contributed by atoms with Crippen LogP contribution in [0.3, 0.4) is 0 Å². The molecule has 0 radical (unpaired) electrons. The second kappa shape index (κ2) is 9.08. The van der Waals surface area contributed by atoms with E-state index >= 15 is 0 Å². The Labute approximate surface area is 168 Å². The van der Waals surface area contributed by atoms with Gasteiger partial charge in [0.15, 0.2) is 0 Å². The number of benzene rings is 2. The maximum atomic E-state index is 10.7. The van der Waals surface area contributed by atoms with Gasteiger partial charge >= 0.3 is 0 Å². The van der Waals surface area contributed by atoms with Crippen LogP contribution in [0.15, 0.2) is 48.5 Å². The maximum Gasteiger partial charge on any atom is 0.118 e. The van der Waals surface area contributed by atoms with Crippen molar-refractivity contribution in [2.45, 2.75) is 57.0 Å². The highest BCUT2D eigenvalue weighted by atomic mass is 16.5. The highest BCUT2D eigenvalue weighted by molar-refractivity contribution is 5.64. The van der Waals surface area contributed by atoms with Gasteiger partial charge in [-0.3, -0.25) is 4.90 Å². The molecule has 3 atom stereocenters. The first-order chi connectivity index (χ1) is 13.7. The molecule has 1 saturated heterocycles. The molecular formula is C24H31NO3. The Balaban J connectivity index is 1.31. The van der Waals surface area contributed by atoms with Gasteiger partial charge in [-0.25, -0.2) is 0 Å². The summed E-state index contributed by atoms with van der Waals surface area (Å²) in [7, 11) is 1.68. The van der Waals surface area contributed by atoms with Crippen LogP contribution in [-0.2, 0) is 11.3 Å². The van der Waals surface area contributed by atoms with Crippen molar-refractivity contribution in [1.82, 2.24) is 4.90 Å². The Bertz CT molecular complexity index is 737. The van der Waals surface area contributed by atoms with Crippen molar-refractivity contribution in [3.63, 3.8) is 0 Å². The van der Waals surface area contributed by atoms with Gasteiger partial charge in [0.05, 0.1) is 25.9 Å². The van der Waals surface area contributed by atoms with Gasteiger partial charge in [0.2, 0.25) is 0 Å². The number of piperidine rings is 1. The van der Waals surface area contributed by atoms with Crippen molar-refractivity contribution >= 4 is 0 Å². The van der Waals surface area contributed by atoms with Crippen LogP contribution in [-0.4, -0.2) is 48.5 Å². The van der Waals surface area contributed by atoms with E-state index in [1.165, 1.54) is 30.4 Å². The van der Waals surface area contributed by atoms with Crippen molar-refractivity contribution in [2.24, 2.45) is 0 Å². The average Bonchev–Trinajstić information content (AvgIpc) is 3.13. The minimum Gasteiger partial charge on any atom is -0.497 e. The zero-order chi connectivity index (χ0) is 19.3. The number of ether oxygens (including phenoxy) is 2. The van der Waals surface area contributed by atoms with E-state index in [2.05, 4.69) is 41.3 Å². The van der Waals surface area contributed by atoms with Gasteiger partial charge in [-0.1, -0.05) is 42.8 Å². The van der Waals surface area contributed by atoms with Gasteiger partial charge in [-0.2, -0.15) is 0 Å². The zero-order valence-electron chi connectivity index (χ0n) is 16.7. The SMILES string of the molecule is COc1ccc(-c2ccc(CO[C@H]3CC[C@@H](N4CCCCC4)[C@@H]3O)cc2)cc1. The smallest absolute Gasteiger partial charge is 0.118 e. The van der Waals surface area contributed by atoms with Crippen molar-refractivity contribution in [3.05, 3.63) is 54.1 Å². The third kappa shape index (κ3) is 4.40. The van der Waals surface area contributed by atoms with Gasteiger partial charge in [-0.15, -0.1) is 0 Å². The first kappa shape index (κ1) is 19.4. The lowest BCUT2D eigenvalue weighted by atomic mass is 10.0. The Morgan fingerprint density at radius 3 is 2.18 bits per heavy atom. The van der Waals surface area contributed by atoms with E-state index < -0.39 is 0 Å². The summed E-state index contributed by atoms with van der Waals surface area (Å²) in [6.45, 7) is 2.81. The number of hydrogen-bond acceptors (Lipinski definition) is 4. The number of rotatable bonds is 6. The fraction of sp³-hybridized carbons (Fsp3) is 0.500. The Morgan fingerprint density at radius 1 is 0.893 bits per heavy atom. The summed E-state index contributed by atoms with van der Waals surface area (Å²) >= 11 is 0. The van der Waals surface area contributed by atoms with E-state index in [9.17, 15) is 5.11 Å². The first-order valence-corrected chi connectivity index (χ1v) is 10.5. The van der Waals surface area contributed by atoms with Crippen LogP contribution in [0.5, 0.6) is 5.75 Å². The number of aliphatic hydroxyl groups is 1. The van der Waals surface area contributed by atoms with Crippen molar-refractivity contribution in [2.75, 3.05) is 20.2 Å². The molecule has 1 saturated carbocycles. The van der Waals surface area contributed by atoms with Crippen LogP contribution in [0.1, 0.15) is 37.7 Å². The Morgan fingerprint density at radius 2 is 1.54 bits per heavy atom. The van der Waals surface area contributed by atoms with Crippen LogP contribution < -0.4 is 4.74 Å². The number of methoxy groups -OCH3 is 1. The Hall–Kier alpha value is -1.88. The third-order valence-corrected chi connectivity index (χ3v) is 6.22. The van der Waals surface area contributed by atoms with Crippen molar-refractivity contribution < 1.29 is 14.6 Å². The van der Waals surface area contributed by atoms with Crippen molar-refractivity contribution in [1.29, 1.82) is 0 Å². The van der Waals surface area contributed by atoms with Gasteiger partial charge < -0.3 is 14.6 Å². The summed E-state index contributed by atoms with van der Waals surface area (Å²) in [4.78, 5) is 2.47. The third-order valence-electron chi connectivity index (χ3n) is 6.22. The molecule has 4 heteroatoms. The van der Waals surface area contributed by atoms with Gasteiger partial charge in [0.25, 0.3) is 0 Å². The normalized spacial score (nSPS) is 25.7. The minimum atomic E-state index is -0.364. The second-order valence-corrected chi connectivity index (χ2v) is 8.01. The molecule has 2 aromatic rings. The predicted octanol–water partition coefficient (Wildman–Crippen LogP) is 4.26. The second-order valence-electron chi connectivity index (χ2n) is 8.01. The lowest BCUT2D eigenvalue weighted by Gasteiger charge is -2.34. The molecule has 0 bridgehead atoms. The number of hydrogen-bond donors (Lipinski definition) is 1. The Kier molecular flexibility index (Phi) is 6.30. The van der Waals surface area contributed by atoms with E-state index in [0.29, 0.717) is 6.61 Å². The summed E-state index contributed by atoms with van der Waals surface area (Å²) in [6.07, 6.45) is 5.43.